The maximum Gasteiger partial charge on any atom is 0.295 e. The van der Waals surface area contributed by atoms with Crippen LogP contribution in [0.4, 0.5) is 0 Å². The van der Waals surface area contributed by atoms with Gasteiger partial charge in [0.1, 0.15) is 23.4 Å². The standard InChI is InChI=1S/C31H35N3O5/c1-3-4-5-16-38-25-9-6-8-22(19-25)28-27(29(35)23-10-11-26-24(18-23)17-21(2)39-26)30(36)31(37)34(28)14-7-13-33-15-12-32-20-33/h6,8-12,15,18-21,28,35H,3-5,7,13-14,16-17H2,1-2H3/t21-,28+/m0/s1. The molecule has 5 rings (SSSR count). The van der Waals surface area contributed by atoms with Gasteiger partial charge in [0.25, 0.3) is 11.7 Å². The number of imidazole rings is 1. The number of aryl methyl sites for hydroxylation is 1. The predicted octanol–water partition coefficient (Wildman–Crippen LogP) is 5.29. The fourth-order valence-corrected chi connectivity index (χ4v) is 5.34. The normalized spacial score (nSPS) is 19.8. The second kappa shape index (κ2) is 11.8. The maximum absolute atomic E-state index is 13.4. The van der Waals surface area contributed by atoms with Gasteiger partial charge in [-0.3, -0.25) is 9.59 Å². The lowest BCUT2D eigenvalue weighted by Gasteiger charge is -2.26. The van der Waals surface area contributed by atoms with Crippen molar-refractivity contribution in [2.24, 2.45) is 0 Å². The van der Waals surface area contributed by atoms with Crippen molar-refractivity contribution in [3.8, 4) is 11.5 Å². The van der Waals surface area contributed by atoms with E-state index in [1.54, 1.807) is 23.5 Å². The summed E-state index contributed by atoms with van der Waals surface area (Å²) in [4.78, 5) is 32.4. The van der Waals surface area contributed by atoms with E-state index in [2.05, 4.69) is 11.9 Å². The van der Waals surface area contributed by atoms with Gasteiger partial charge < -0.3 is 24.0 Å². The van der Waals surface area contributed by atoms with E-state index in [1.165, 1.54) is 0 Å². The highest BCUT2D eigenvalue weighted by Crippen LogP contribution is 2.41. The van der Waals surface area contributed by atoms with Crippen LogP contribution in [0.25, 0.3) is 5.76 Å². The number of likely N-dealkylation sites (tertiary alicyclic amines) is 1. The van der Waals surface area contributed by atoms with Crippen LogP contribution < -0.4 is 9.47 Å². The average Bonchev–Trinajstić information content (AvgIpc) is 3.65. The van der Waals surface area contributed by atoms with Crippen molar-refractivity contribution in [3.05, 3.63) is 83.4 Å². The third-order valence-corrected chi connectivity index (χ3v) is 7.27. The summed E-state index contributed by atoms with van der Waals surface area (Å²) in [5.41, 5.74) is 2.29. The smallest absolute Gasteiger partial charge is 0.295 e. The van der Waals surface area contributed by atoms with Gasteiger partial charge in [0, 0.05) is 37.5 Å². The summed E-state index contributed by atoms with van der Waals surface area (Å²) in [6.45, 7) is 5.73. The van der Waals surface area contributed by atoms with Crippen LogP contribution in [0.5, 0.6) is 11.5 Å². The molecule has 1 aromatic heterocycles. The Labute approximate surface area is 228 Å². The molecule has 1 amide bonds. The Morgan fingerprint density at radius 1 is 1.13 bits per heavy atom. The number of carbonyl (C=O) groups excluding carboxylic acids is 2. The number of hydrogen-bond acceptors (Lipinski definition) is 6. The van der Waals surface area contributed by atoms with E-state index >= 15 is 0 Å². The topological polar surface area (TPSA) is 93.9 Å². The molecule has 3 aromatic rings. The van der Waals surface area contributed by atoms with Gasteiger partial charge in [-0.1, -0.05) is 31.9 Å². The third kappa shape index (κ3) is 5.70. The molecule has 2 aliphatic rings. The fourth-order valence-electron chi connectivity index (χ4n) is 5.34. The lowest BCUT2D eigenvalue weighted by Crippen LogP contribution is -2.31. The molecule has 0 radical (unpaired) electrons. The van der Waals surface area contributed by atoms with Crippen molar-refractivity contribution in [1.82, 2.24) is 14.5 Å². The summed E-state index contributed by atoms with van der Waals surface area (Å²) >= 11 is 0. The molecule has 1 N–H and O–H groups in total. The molecule has 204 valence electrons. The first-order chi connectivity index (χ1) is 19.0. The number of amides is 1. The maximum atomic E-state index is 13.4. The van der Waals surface area contributed by atoms with Crippen LogP contribution in [-0.4, -0.2) is 50.5 Å². The second-order valence-corrected chi connectivity index (χ2v) is 10.2. The molecule has 3 heterocycles. The van der Waals surface area contributed by atoms with E-state index in [1.807, 2.05) is 54.1 Å². The number of carbonyl (C=O) groups is 2. The Morgan fingerprint density at radius 2 is 2.00 bits per heavy atom. The highest BCUT2D eigenvalue weighted by Gasteiger charge is 2.46. The van der Waals surface area contributed by atoms with Gasteiger partial charge in [-0.25, -0.2) is 4.98 Å². The molecule has 0 saturated carbocycles. The number of hydrogen-bond donors (Lipinski definition) is 1. The fraction of sp³-hybridized carbons (Fsp3) is 0.387. The number of ether oxygens (including phenoxy) is 2. The second-order valence-electron chi connectivity index (χ2n) is 10.2. The minimum atomic E-state index is -0.726. The highest BCUT2D eigenvalue weighted by molar-refractivity contribution is 6.46. The first-order valence-corrected chi connectivity index (χ1v) is 13.7. The van der Waals surface area contributed by atoms with Gasteiger partial charge in [-0.2, -0.15) is 0 Å². The number of aromatic nitrogens is 2. The molecule has 0 aliphatic carbocycles. The Balaban J connectivity index is 1.49. The van der Waals surface area contributed by atoms with E-state index in [0.717, 1.165) is 42.6 Å². The van der Waals surface area contributed by atoms with E-state index < -0.39 is 17.7 Å². The van der Waals surface area contributed by atoms with Crippen LogP contribution in [0.2, 0.25) is 0 Å². The molecule has 2 atom stereocenters. The molecule has 0 bridgehead atoms. The van der Waals surface area contributed by atoms with Crippen molar-refractivity contribution < 1.29 is 24.2 Å². The Bertz CT molecular complexity index is 1360. The molecule has 2 aliphatic heterocycles. The molecule has 1 fully saturated rings. The average molecular weight is 530 g/mol. The van der Waals surface area contributed by atoms with Crippen LogP contribution in [0, 0.1) is 0 Å². The summed E-state index contributed by atoms with van der Waals surface area (Å²) in [7, 11) is 0. The molecule has 0 unspecified atom stereocenters. The number of benzene rings is 2. The van der Waals surface area contributed by atoms with Crippen molar-refractivity contribution in [2.75, 3.05) is 13.2 Å². The minimum absolute atomic E-state index is 0.0542. The number of fused-ring (bicyclic) bond motifs is 1. The molecule has 39 heavy (non-hydrogen) atoms. The number of ketones is 1. The first kappa shape index (κ1) is 26.5. The van der Waals surface area contributed by atoms with Crippen LogP contribution in [0.3, 0.4) is 0 Å². The predicted molar refractivity (Wildman–Crippen MR) is 148 cm³/mol. The molecule has 0 spiro atoms. The van der Waals surface area contributed by atoms with Crippen LogP contribution >= 0.6 is 0 Å². The van der Waals surface area contributed by atoms with Crippen molar-refractivity contribution in [1.29, 1.82) is 0 Å². The number of nitrogens with zero attached hydrogens (tertiary/aromatic N) is 3. The molecular weight excluding hydrogens is 494 g/mol. The molecular formula is C31H35N3O5. The molecule has 8 nitrogen and oxygen atoms in total. The van der Waals surface area contributed by atoms with Crippen LogP contribution in [0.1, 0.15) is 62.3 Å². The Kier molecular flexibility index (Phi) is 8.00. The first-order valence-electron chi connectivity index (χ1n) is 13.7. The monoisotopic (exact) mass is 529 g/mol. The number of Topliss-reactive ketones (excluding diaryl/α,β-unsaturated/α-hetero) is 1. The van der Waals surface area contributed by atoms with Crippen molar-refractivity contribution >= 4 is 17.4 Å². The zero-order valence-corrected chi connectivity index (χ0v) is 22.5. The third-order valence-electron chi connectivity index (χ3n) is 7.27. The quantitative estimate of drug-likeness (QED) is 0.157. The van der Waals surface area contributed by atoms with E-state index in [4.69, 9.17) is 9.47 Å². The summed E-state index contributed by atoms with van der Waals surface area (Å²) in [6, 6.07) is 12.2. The van der Waals surface area contributed by atoms with Crippen LogP contribution in [-0.2, 0) is 22.6 Å². The van der Waals surface area contributed by atoms with Gasteiger partial charge in [-0.15, -0.1) is 0 Å². The molecule has 1 saturated heterocycles. The number of aliphatic hydroxyl groups is 1. The number of aliphatic hydroxyl groups excluding tert-OH is 1. The number of rotatable bonds is 11. The number of unbranched alkanes of at least 4 members (excludes halogenated alkanes) is 2. The van der Waals surface area contributed by atoms with Crippen molar-refractivity contribution in [2.45, 2.75) is 64.6 Å². The zero-order valence-electron chi connectivity index (χ0n) is 22.5. The summed E-state index contributed by atoms with van der Waals surface area (Å²) in [5.74, 6) is -0.00842. The summed E-state index contributed by atoms with van der Waals surface area (Å²) in [5, 5.41) is 11.5. The van der Waals surface area contributed by atoms with Crippen LogP contribution in [0.15, 0.2) is 66.8 Å². The molecule has 8 heteroatoms. The van der Waals surface area contributed by atoms with Gasteiger partial charge in [0.15, 0.2) is 0 Å². The highest BCUT2D eigenvalue weighted by atomic mass is 16.5. The SMILES string of the molecule is CCCCCOc1cccc([C@@H]2C(=C(O)c3ccc4c(c3)C[C@H](C)O4)C(=O)C(=O)N2CCCn2ccnc2)c1. The summed E-state index contributed by atoms with van der Waals surface area (Å²) in [6.07, 6.45) is 9.84. The van der Waals surface area contributed by atoms with Gasteiger partial charge in [0.2, 0.25) is 0 Å². The van der Waals surface area contributed by atoms with Gasteiger partial charge >= 0.3 is 0 Å². The van der Waals surface area contributed by atoms with Crippen molar-refractivity contribution in [3.63, 3.8) is 0 Å². The summed E-state index contributed by atoms with van der Waals surface area (Å²) < 4.78 is 13.7. The van der Waals surface area contributed by atoms with E-state index in [0.29, 0.717) is 37.4 Å². The zero-order chi connectivity index (χ0) is 27.4. The van der Waals surface area contributed by atoms with Gasteiger partial charge in [0.05, 0.1) is 24.5 Å². The Hall–Kier alpha value is -4.07. The lowest BCUT2D eigenvalue weighted by atomic mass is 9.94. The largest absolute Gasteiger partial charge is 0.507 e. The molecule has 2 aromatic carbocycles. The van der Waals surface area contributed by atoms with E-state index in [9.17, 15) is 14.7 Å². The van der Waals surface area contributed by atoms with E-state index in [-0.39, 0.29) is 17.4 Å². The minimum Gasteiger partial charge on any atom is -0.507 e. The lowest BCUT2D eigenvalue weighted by molar-refractivity contribution is -0.139. The Morgan fingerprint density at radius 3 is 2.79 bits per heavy atom. The van der Waals surface area contributed by atoms with Gasteiger partial charge in [-0.05, 0) is 61.2 Å².